The van der Waals surface area contributed by atoms with Gasteiger partial charge < -0.3 is 10.6 Å². The van der Waals surface area contributed by atoms with Crippen LogP contribution in [0.4, 0.5) is 0 Å². The van der Waals surface area contributed by atoms with Gasteiger partial charge in [0.1, 0.15) is 0 Å². The SMILES string of the molecule is CC(C(=O)N(C)CCC1CC1)C(N)c1ccccc1.Cl. The van der Waals surface area contributed by atoms with E-state index in [0.29, 0.717) is 0 Å². The molecule has 0 heterocycles. The summed E-state index contributed by atoms with van der Waals surface area (Å²) in [6.07, 6.45) is 3.80. The Morgan fingerprint density at radius 1 is 1.35 bits per heavy atom. The molecule has 0 aliphatic heterocycles. The Morgan fingerprint density at radius 3 is 2.50 bits per heavy atom. The fourth-order valence-corrected chi connectivity index (χ4v) is 2.36. The number of rotatable bonds is 6. The maximum atomic E-state index is 12.3. The second-order valence-electron chi connectivity index (χ2n) is 5.72. The topological polar surface area (TPSA) is 46.3 Å². The first-order valence-electron chi connectivity index (χ1n) is 7.15. The molecule has 112 valence electrons. The lowest BCUT2D eigenvalue weighted by atomic mass is 9.94. The molecule has 1 aliphatic rings. The molecule has 2 N–H and O–H groups in total. The normalized spacial score (nSPS) is 16.9. The summed E-state index contributed by atoms with van der Waals surface area (Å²) in [5.74, 6) is 0.831. The number of carbonyl (C=O) groups is 1. The summed E-state index contributed by atoms with van der Waals surface area (Å²) >= 11 is 0. The fourth-order valence-electron chi connectivity index (χ4n) is 2.36. The van der Waals surface area contributed by atoms with E-state index < -0.39 is 0 Å². The van der Waals surface area contributed by atoms with Gasteiger partial charge in [0.05, 0.1) is 5.92 Å². The number of carbonyl (C=O) groups excluding carboxylic acids is 1. The molecule has 1 aliphatic carbocycles. The molecule has 2 unspecified atom stereocenters. The number of hydrogen-bond donors (Lipinski definition) is 1. The molecule has 2 rings (SSSR count). The first kappa shape index (κ1) is 17.0. The first-order chi connectivity index (χ1) is 9.09. The number of halogens is 1. The van der Waals surface area contributed by atoms with Crippen LogP contribution >= 0.6 is 12.4 Å². The molecule has 1 aromatic carbocycles. The van der Waals surface area contributed by atoms with Crippen molar-refractivity contribution in [2.75, 3.05) is 13.6 Å². The van der Waals surface area contributed by atoms with Gasteiger partial charge >= 0.3 is 0 Å². The third-order valence-corrected chi connectivity index (χ3v) is 4.06. The summed E-state index contributed by atoms with van der Waals surface area (Å²) in [5, 5.41) is 0. The van der Waals surface area contributed by atoms with Crippen LogP contribution in [0.2, 0.25) is 0 Å². The Balaban J connectivity index is 0.00000200. The zero-order valence-corrected chi connectivity index (χ0v) is 13.1. The predicted molar refractivity (Wildman–Crippen MR) is 84.8 cm³/mol. The molecule has 0 bridgehead atoms. The van der Waals surface area contributed by atoms with Gasteiger partial charge in [0.15, 0.2) is 0 Å². The van der Waals surface area contributed by atoms with Gasteiger partial charge in [-0.05, 0) is 17.9 Å². The van der Waals surface area contributed by atoms with Crippen LogP contribution in [0.5, 0.6) is 0 Å². The van der Waals surface area contributed by atoms with Gasteiger partial charge in [0.2, 0.25) is 5.91 Å². The van der Waals surface area contributed by atoms with Crippen LogP contribution < -0.4 is 5.73 Å². The van der Waals surface area contributed by atoms with E-state index in [4.69, 9.17) is 5.73 Å². The van der Waals surface area contributed by atoms with Crippen LogP contribution in [-0.4, -0.2) is 24.4 Å². The molecule has 0 radical (unpaired) electrons. The number of nitrogens with zero attached hydrogens (tertiary/aromatic N) is 1. The lowest BCUT2D eigenvalue weighted by molar-refractivity contribution is -0.134. The smallest absolute Gasteiger partial charge is 0.227 e. The maximum Gasteiger partial charge on any atom is 0.227 e. The zero-order valence-electron chi connectivity index (χ0n) is 12.3. The second kappa shape index (κ2) is 7.65. The van der Waals surface area contributed by atoms with E-state index in [1.54, 1.807) is 0 Å². The Morgan fingerprint density at radius 2 is 1.95 bits per heavy atom. The summed E-state index contributed by atoms with van der Waals surface area (Å²) in [5.41, 5.74) is 7.22. The van der Waals surface area contributed by atoms with Crippen LogP contribution in [0.15, 0.2) is 30.3 Å². The number of hydrogen-bond acceptors (Lipinski definition) is 2. The first-order valence-corrected chi connectivity index (χ1v) is 7.15. The monoisotopic (exact) mass is 296 g/mol. The molecule has 0 aromatic heterocycles. The van der Waals surface area contributed by atoms with E-state index in [-0.39, 0.29) is 30.3 Å². The van der Waals surface area contributed by atoms with Crippen molar-refractivity contribution in [3.63, 3.8) is 0 Å². The summed E-state index contributed by atoms with van der Waals surface area (Å²) in [4.78, 5) is 14.2. The van der Waals surface area contributed by atoms with Crippen molar-refractivity contribution in [3.8, 4) is 0 Å². The van der Waals surface area contributed by atoms with Crippen molar-refractivity contribution in [3.05, 3.63) is 35.9 Å². The third-order valence-electron chi connectivity index (χ3n) is 4.06. The lowest BCUT2D eigenvalue weighted by Gasteiger charge is -2.25. The van der Waals surface area contributed by atoms with Crippen molar-refractivity contribution in [2.45, 2.75) is 32.2 Å². The molecular weight excluding hydrogens is 272 g/mol. The van der Waals surface area contributed by atoms with Gasteiger partial charge in [0.25, 0.3) is 0 Å². The molecule has 0 saturated heterocycles. The maximum absolute atomic E-state index is 12.3. The average molecular weight is 297 g/mol. The number of nitrogens with two attached hydrogens (primary N) is 1. The van der Waals surface area contributed by atoms with Crippen LogP contribution in [0, 0.1) is 11.8 Å². The Bertz CT molecular complexity index is 420. The van der Waals surface area contributed by atoms with Crippen molar-refractivity contribution in [1.82, 2.24) is 4.90 Å². The lowest BCUT2D eigenvalue weighted by Crippen LogP contribution is -2.37. The predicted octanol–water partition coefficient (Wildman–Crippen LogP) is 3.00. The van der Waals surface area contributed by atoms with E-state index in [9.17, 15) is 4.79 Å². The van der Waals surface area contributed by atoms with Crippen LogP contribution in [0.25, 0.3) is 0 Å². The quantitative estimate of drug-likeness (QED) is 0.877. The summed E-state index contributed by atoms with van der Waals surface area (Å²) in [6, 6.07) is 9.63. The highest BCUT2D eigenvalue weighted by Crippen LogP contribution is 2.32. The highest BCUT2D eigenvalue weighted by molar-refractivity contribution is 5.85. The molecule has 1 aromatic rings. The number of amides is 1. The van der Waals surface area contributed by atoms with Crippen LogP contribution in [0.1, 0.15) is 37.8 Å². The molecule has 1 saturated carbocycles. The van der Waals surface area contributed by atoms with Crippen LogP contribution in [0.3, 0.4) is 0 Å². The highest BCUT2D eigenvalue weighted by atomic mass is 35.5. The van der Waals surface area contributed by atoms with Gasteiger partial charge in [-0.3, -0.25) is 4.79 Å². The average Bonchev–Trinajstić information content (AvgIpc) is 3.27. The van der Waals surface area contributed by atoms with Gasteiger partial charge in [-0.2, -0.15) is 0 Å². The standard InChI is InChI=1S/C16H24N2O.ClH/c1-12(15(17)14-6-4-3-5-7-14)16(19)18(2)11-10-13-8-9-13;/h3-7,12-13,15H,8-11,17H2,1-2H3;1H. The van der Waals surface area contributed by atoms with Gasteiger partial charge in [-0.1, -0.05) is 50.1 Å². The largest absolute Gasteiger partial charge is 0.345 e. The van der Waals surface area contributed by atoms with Gasteiger partial charge in [-0.25, -0.2) is 0 Å². The van der Waals surface area contributed by atoms with Crippen molar-refractivity contribution in [1.29, 1.82) is 0 Å². The van der Waals surface area contributed by atoms with Crippen molar-refractivity contribution >= 4 is 18.3 Å². The zero-order chi connectivity index (χ0) is 13.8. The molecule has 20 heavy (non-hydrogen) atoms. The fraction of sp³-hybridized carbons (Fsp3) is 0.562. The molecule has 2 atom stereocenters. The molecule has 1 amide bonds. The van der Waals surface area contributed by atoms with Crippen molar-refractivity contribution < 1.29 is 4.79 Å². The van der Waals surface area contributed by atoms with Crippen LogP contribution in [-0.2, 0) is 4.79 Å². The summed E-state index contributed by atoms with van der Waals surface area (Å²) < 4.78 is 0. The minimum absolute atomic E-state index is 0. The molecule has 4 heteroatoms. The Kier molecular flexibility index (Phi) is 6.50. The van der Waals surface area contributed by atoms with Crippen molar-refractivity contribution in [2.24, 2.45) is 17.6 Å². The minimum Gasteiger partial charge on any atom is -0.345 e. The van der Waals surface area contributed by atoms with E-state index in [1.807, 2.05) is 49.2 Å². The third kappa shape index (κ3) is 4.50. The minimum atomic E-state index is -0.225. The van der Waals surface area contributed by atoms with Gasteiger partial charge in [-0.15, -0.1) is 12.4 Å². The van der Waals surface area contributed by atoms with E-state index >= 15 is 0 Å². The highest BCUT2D eigenvalue weighted by Gasteiger charge is 2.27. The second-order valence-corrected chi connectivity index (χ2v) is 5.72. The summed E-state index contributed by atoms with van der Waals surface area (Å²) in [7, 11) is 1.89. The molecule has 1 fully saturated rings. The molecule has 3 nitrogen and oxygen atoms in total. The van der Waals surface area contributed by atoms with Gasteiger partial charge in [0, 0.05) is 19.6 Å². The number of benzene rings is 1. The Hall–Kier alpha value is -1.06. The van der Waals surface area contributed by atoms with E-state index in [1.165, 1.54) is 12.8 Å². The van der Waals surface area contributed by atoms with E-state index in [2.05, 4.69) is 0 Å². The van der Waals surface area contributed by atoms with E-state index in [0.717, 1.165) is 24.4 Å². The molecule has 0 spiro atoms. The Labute approximate surface area is 127 Å². The summed E-state index contributed by atoms with van der Waals surface area (Å²) in [6.45, 7) is 2.78. The molecular formula is C16H25ClN2O.